The maximum absolute atomic E-state index is 11.9. The number of alkyl halides is 3. The van der Waals surface area contributed by atoms with Crippen molar-refractivity contribution in [1.29, 1.82) is 0 Å². The molecule has 0 bridgehead atoms. The van der Waals surface area contributed by atoms with Crippen LogP contribution < -0.4 is 10.6 Å². The Hall–Kier alpha value is -0.330. The van der Waals surface area contributed by atoms with E-state index >= 15 is 0 Å². The monoisotopic (exact) mass is 483 g/mol. The number of hydrogen-bond acceptors (Lipinski definition) is 4. The summed E-state index contributed by atoms with van der Waals surface area (Å²) in [7, 11) is 0. The van der Waals surface area contributed by atoms with Crippen LogP contribution in [0.1, 0.15) is 26.2 Å². The molecular formula is C15H29F3IN3O3. The number of nitrogens with zero attached hydrogens (tertiary/aromatic N) is 1. The predicted molar refractivity (Wildman–Crippen MR) is 100 cm³/mol. The Morgan fingerprint density at radius 1 is 1.36 bits per heavy atom. The summed E-state index contributed by atoms with van der Waals surface area (Å²) in [5, 5.41) is 15.4. The molecule has 0 amide bonds. The van der Waals surface area contributed by atoms with E-state index in [-0.39, 0.29) is 42.6 Å². The molecule has 0 aromatic rings. The Morgan fingerprint density at radius 3 is 2.68 bits per heavy atom. The Balaban J connectivity index is 0.00000576. The first-order valence-corrected chi connectivity index (χ1v) is 8.26. The van der Waals surface area contributed by atoms with E-state index in [0.29, 0.717) is 51.6 Å². The first-order chi connectivity index (χ1) is 11.4. The van der Waals surface area contributed by atoms with Gasteiger partial charge in [-0.2, -0.15) is 13.2 Å². The zero-order chi connectivity index (χ0) is 17.9. The van der Waals surface area contributed by atoms with Crippen LogP contribution in [0.2, 0.25) is 0 Å². The zero-order valence-electron chi connectivity index (χ0n) is 14.5. The number of aliphatic hydroxyl groups excluding tert-OH is 1. The quantitative estimate of drug-likeness (QED) is 0.192. The minimum atomic E-state index is -4.28. The van der Waals surface area contributed by atoms with Gasteiger partial charge >= 0.3 is 6.18 Å². The van der Waals surface area contributed by atoms with Gasteiger partial charge in [-0.05, 0) is 26.2 Å². The average molecular weight is 483 g/mol. The number of halogens is 4. The molecule has 3 N–H and O–H groups in total. The molecule has 1 atom stereocenters. The summed E-state index contributed by atoms with van der Waals surface area (Å²) < 4.78 is 45.8. The fourth-order valence-corrected chi connectivity index (χ4v) is 2.45. The first-order valence-electron chi connectivity index (χ1n) is 8.26. The highest BCUT2D eigenvalue weighted by Gasteiger charge is 2.34. The summed E-state index contributed by atoms with van der Waals surface area (Å²) in [6, 6.07) is 0. The fourth-order valence-electron chi connectivity index (χ4n) is 2.45. The van der Waals surface area contributed by atoms with E-state index in [0.717, 1.165) is 6.42 Å². The van der Waals surface area contributed by atoms with Crippen LogP contribution in [-0.2, 0) is 9.47 Å². The standard InChI is InChI=1S/C15H28F3N3O3.HI/c1-2-19-13(20-6-3-8-23-12-15(16,17)18)21-10-14(4-7-22)5-9-24-11-14;/h22H,2-12H2,1H3,(H2,19,20,21);1H. The van der Waals surface area contributed by atoms with Crippen LogP contribution in [0.25, 0.3) is 0 Å². The van der Waals surface area contributed by atoms with E-state index in [1.54, 1.807) is 0 Å². The molecule has 10 heteroatoms. The highest BCUT2D eigenvalue weighted by Crippen LogP contribution is 2.32. The molecule has 1 fully saturated rings. The lowest BCUT2D eigenvalue weighted by Crippen LogP contribution is -2.39. The van der Waals surface area contributed by atoms with E-state index in [2.05, 4.69) is 20.4 Å². The van der Waals surface area contributed by atoms with Crippen LogP contribution in [0.15, 0.2) is 4.99 Å². The van der Waals surface area contributed by atoms with E-state index in [4.69, 9.17) is 4.74 Å². The molecule has 6 nitrogen and oxygen atoms in total. The summed E-state index contributed by atoms with van der Waals surface area (Å²) in [6.07, 6.45) is -2.33. The minimum absolute atomic E-state index is 0. The number of aliphatic hydroxyl groups is 1. The molecule has 0 aromatic carbocycles. The lowest BCUT2D eigenvalue weighted by atomic mass is 9.84. The molecule has 1 unspecified atom stereocenters. The maximum Gasteiger partial charge on any atom is 0.411 e. The lowest BCUT2D eigenvalue weighted by Gasteiger charge is -2.24. The third-order valence-electron chi connectivity index (χ3n) is 3.77. The molecule has 1 rings (SSSR count). The van der Waals surface area contributed by atoms with Crippen LogP contribution >= 0.6 is 24.0 Å². The van der Waals surface area contributed by atoms with Gasteiger partial charge in [-0.25, -0.2) is 0 Å². The predicted octanol–water partition coefficient (Wildman–Crippen LogP) is 1.92. The lowest BCUT2D eigenvalue weighted by molar-refractivity contribution is -0.173. The second-order valence-electron chi connectivity index (χ2n) is 5.92. The zero-order valence-corrected chi connectivity index (χ0v) is 16.9. The first kappa shape index (κ1) is 24.7. The molecule has 1 heterocycles. The van der Waals surface area contributed by atoms with Gasteiger partial charge in [-0.3, -0.25) is 4.99 Å². The summed E-state index contributed by atoms with van der Waals surface area (Å²) in [6.45, 7) is 3.79. The molecule has 0 saturated carbocycles. The largest absolute Gasteiger partial charge is 0.411 e. The summed E-state index contributed by atoms with van der Waals surface area (Å²) in [5.41, 5.74) is -0.132. The van der Waals surface area contributed by atoms with Crippen molar-refractivity contribution in [2.45, 2.75) is 32.4 Å². The van der Waals surface area contributed by atoms with Crippen molar-refractivity contribution in [3.8, 4) is 0 Å². The summed E-state index contributed by atoms with van der Waals surface area (Å²) in [4.78, 5) is 4.53. The molecule has 0 aliphatic carbocycles. The molecule has 150 valence electrons. The van der Waals surface area contributed by atoms with E-state index in [1.807, 2.05) is 6.92 Å². The van der Waals surface area contributed by atoms with Crippen LogP contribution in [0.4, 0.5) is 13.2 Å². The topological polar surface area (TPSA) is 75.1 Å². The number of hydrogen-bond donors (Lipinski definition) is 3. The van der Waals surface area contributed by atoms with E-state index in [1.165, 1.54) is 0 Å². The van der Waals surface area contributed by atoms with Crippen molar-refractivity contribution in [2.75, 3.05) is 52.7 Å². The van der Waals surface area contributed by atoms with Gasteiger partial charge < -0.3 is 25.2 Å². The highest BCUT2D eigenvalue weighted by atomic mass is 127. The van der Waals surface area contributed by atoms with Gasteiger partial charge in [0, 0.05) is 38.3 Å². The Morgan fingerprint density at radius 2 is 2.12 bits per heavy atom. The number of ether oxygens (including phenoxy) is 2. The van der Waals surface area contributed by atoms with Gasteiger partial charge in [0.05, 0.1) is 13.2 Å². The van der Waals surface area contributed by atoms with Gasteiger partial charge in [0.1, 0.15) is 6.61 Å². The van der Waals surface area contributed by atoms with E-state index < -0.39 is 12.8 Å². The van der Waals surface area contributed by atoms with Gasteiger partial charge in [0.2, 0.25) is 0 Å². The van der Waals surface area contributed by atoms with Crippen molar-refractivity contribution < 1.29 is 27.8 Å². The van der Waals surface area contributed by atoms with Crippen molar-refractivity contribution in [2.24, 2.45) is 10.4 Å². The van der Waals surface area contributed by atoms with Crippen LogP contribution in [0, 0.1) is 5.41 Å². The Labute approximate surface area is 163 Å². The number of aliphatic imine (C=N–C) groups is 1. The third kappa shape index (κ3) is 11.1. The minimum Gasteiger partial charge on any atom is -0.396 e. The number of rotatable bonds is 10. The van der Waals surface area contributed by atoms with Crippen LogP contribution in [-0.4, -0.2) is 69.9 Å². The second kappa shape index (κ2) is 12.9. The Kier molecular flexibility index (Phi) is 12.8. The van der Waals surface area contributed by atoms with Crippen LogP contribution in [0.5, 0.6) is 0 Å². The molecule has 1 aliphatic rings. The molecule has 1 saturated heterocycles. The third-order valence-corrected chi connectivity index (χ3v) is 3.77. The molecule has 1 aliphatic heterocycles. The van der Waals surface area contributed by atoms with Crippen molar-refractivity contribution in [3.05, 3.63) is 0 Å². The number of guanidine groups is 1. The molecule has 0 spiro atoms. The normalized spacial score (nSPS) is 21.1. The van der Waals surface area contributed by atoms with Gasteiger partial charge in [0.25, 0.3) is 0 Å². The van der Waals surface area contributed by atoms with Crippen molar-refractivity contribution >= 4 is 29.9 Å². The Bertz CT molecular complexity index is 379. The summed E-state index contributed by atoms with van der Waals surface area (Å²) >= 11 is 0. The molecule has 25 heavy (non-hydrogen) atoms. The smallest absolute Gasteiger partial charge is 0.396 e. The average Bonchev–Trinajstić information content (AvgIpc) is 2.96. The molecular weight excluding hydrogens is 454 g/mol. The summed E-state index contributed by atoms with van der Waals surface area (Å²) in [5.74, 6) is 0.609. The highest BCUT2D eigenvalue weighted by molar-refractivity contribution is 14.0. The number of nitrogens with one attached hydrogen (secondary N) is 2. The van der Waals surface area contributed by atoms with Gasteiger partial charge in [-0.15, -0.1) is 24.0 Å². The maximum atomic E-state index is 11.9. The molecule has 0 aromatic heterocycles. The van der Waals surface area contributed by atoms with Gasteiger partial charge in [-0.1, -0.05) is 0 Å². The van der Waals surface area contributed by atoms with E-state index in [9.17, 15) is 18.3 Å². The SMILES string of the molecule is CCNC(=NCC1(CCO)CCOC1)NCCCOCC(F)(F)F.I. The van der Waals surface area contributed by atoms with Crippen LogP contribution in [0.3, 0.4) is 0 Å². The van der Waals surface area contributed by atoms with Crippen molar-refractivity contribution in [3.63, 3.8) is 0 Å². The van der Waals surface area contributed by atoms with Gasteiger partial charge in [0.15, 0.2) is 5.96 Å². The molecule has 0 radical (unpaired) electrons. The van der Waals surface area contributed by atoms with Crippen molar-refractivity contribution in [1.82, 2.24) is 10.6 Å². The fraction of sp³-hybridized carbons (Fsp3) is 0.933. The second-order valence-corrected chi connectivity index (χ2v) is 5.92.